The van der Waals surface area contributed by atoms with Gasteiger partial charge in [0, 0.05) is 16.5 Å². The monoisotopic (exact) mass is 584 g/mol. The zero-order valence-electron chi connectivity index (χ0n) is 24.6. The lowest BCUT2D eigenvalue weighted by atomic mass is 9.91. The molecule has 0 saturated heterocycles. The predicted molar refractivity (Wildman–Crippen MR) is 186 cm³/mol. The number of rotatable bonds is 4. The van der Waals surface area contributed by atoms with Crippen LogP contribution in [0.3, 0.4) is 0 Å². The smallest absolute Gasteiger partial charge is 0.160 e. The molecule has 46 heavy (non-hydrogen) atoms. The fourth-order valence-electron chi connectivity index (χ4n) is 6.26. The quantitative estimate of drug-likeness (QED) is 0.206. The summed E-state index contributed by atoms with van der Waals surface area (Å²) in [4.78, 5) is 10.2. The van der Waals surface area contributed by atoms with Crippen molar-refractivity contribution in [2.45, 2.75) is 0 Å². The average molecular weight is 585 g/mol. The lowest BCUT2D eigenvalue weighted by Gasteiger charge is -2.15. The predicted octanol–water partition coefficient (Wildman–Crippen LogP) is 10.3. The number of benzene rings is 7. The second kappa shape index (κ2) is 11.1. The largest absolute Gasteiger partial charge is 0.228 e. The maximum Gasteiger partial charge on any atom is 0.160 e. The highest BCUT2D eigenvalue weighted by molar-refractivity contribution is 6.08. The van der Waals surface area contributed by atoms with E-state index in [0.29, 0.717) is 17.0 Å². The van der Waals surface area contributed by atoms with Crippen molar-refractivity contribution in [1.29, 1.82) is 10.5 Å². The number of fused-ring (bicyclic) bond motifs is 3. The lowest BCUT2D eigenvalue weighted by molar-refractivity contribution is 1.23. The summed E-state index contributed by atoms with van der Waals surface area (Å²) >= 11 is 0. The normalized spacial score (nSPS) is 11.0. The molecule has 0 amide bonds. The fourth-order valence-corrected chi connectivity index (χ4v) is 6.26. The molecular formula is C42H24N4. The molecule has 0 saturated carbocycles. The van der Waals surface area contributed by atoms with Crippen molar-refractivity contribution in [3.8, 4) is 57.0 Å². The van der Waals surface area contributed by atoms with E-state index in [9.17, 15) is 10.5 Å². The van der Waals surface area contributed by atoms with E-state index < -0.39 is 0 Å². The van der Waals surface area contributed by atoms with Crippen LogP contribution in [0.2, 0.25) is 0 Å². The molecule has 0 unspecified atom stereocenters. The molecule has 0 aliphatic heterocycles. The lowest BCUT2D eigenvalue weighted by Crippen LogP contribution is -1.96. The van der Waals surface area contributed by atoms with E-state index in [0.717, 1.165) is 66.1 Å². The summed E-state index contributed by atoms with van der Waals surface area (Å²) in [7, 11) is 0. The van der Waals surface area contributed by atoms with E-state index >= 15 is 0 Å². The van der Waals surface area contributed by atoms with E-state index in [1.807, 2.05) is 36.4 Å². The van der Waals surface area contributed by atoms with Gasteiger partial charge < -0.3 is 0 Å². The first kappa shape index (κ1) is 27.0. The number of aromatic nitrogens is 2. The topological polar surface area (TPSA) is 73.4 Å². The van der Waals surface area contributed by atoms with Crippen molar-refractivity contribution in [3.05, 3.63) is 157 Å². The van der Waals surface area contributed by atoms with Gasteiger partial charge in [-0.15, -0.1) is 0 Å². The maximum absolute atomic E-state index is 9.43. The SMILES string of the molecule is N#Cc1cc(C#N)cc(-c2ccc(-c3ccc(-c4nc(-c5ccc6ccccc6c5)nc5ccccc45)c4ccccc34)cc2)c1. The van der Waals surface area contributed by atoms with Gasteiger partial charge in [0.2, 0.25) is 0 Å². The fraction of sp³-hybridized carbons (Fsp3) is 0. The van der Waals surface area contributed by atoms with Crippen LogP contribution in [0.15, 0.2) is 146 Å². The van der Waals surface area contributed by atoms with Crippen molar-refractivity contribution in [2.75, 3.05) is 0 Å². The van der Waals surface area contributed by atoms with Crippen LogP contribution in [0.1, 0.15) is 11.1 Å². The Labute approximate surface area is 266 Å². The minimum atomic E-state index is 0.473. The Kier molecular flexibility index (Phi) is 6.53. The summed E-state index contributed by atoms with van der Waals surface area (Å²) in [5, 5.41) is 24.4. The average Bonchev–Trinajstić information content (AvgIpc) is 3.13. The third-order valence-corrected chi connectivity index (χ3v) is 8.51. The molecule has 1 heterocycles. The van der Waals surface area contributed by atoms with Crippen LogP contribution in [0.4, 0.5) is 0 Å². The number of nitriles is 2. The molecule has 0 fully saturated rings. The van der Waals surface area contributed by atoms with Gasteiger partial charge in [-0.3, -0.25) is 0 Å². The van der Waals surface area contributed by atoms with E-state index in [2.05, 4.69) is 115 Å². The highest BCUT2D eigenvalue weighted by atomic mass is 14.9. The van der Waals surface area contributed by atoms with Crippen LogP contribution in [0.5, 0.6) is 0 Å². The van der Waals surface area contributed by atoms with Gasteiger partial charge in [0.1, 0.15) is 0 Å². The summed E-state index contributed by atoms with van der Waals surface area (Å²) < 4.78 is 0. The van der Waals surface area contributed by atoms with Gasteiger partial charge in [0.25, 0.3) is 0 Å². The van der Waals surface area contributed by atoms with Gasteiger partial charge in [-0.1, -0.05) is 115 Å². The van der Waals surface area contributed by atoms with Crippen LogP contribution in [-0.4, -0.2) is 9.97 Å². The standard InChI is InChI=1S/C42H24N4/c43-25-27-21-28(26-44)23-34(22-27)30-13-16-31(17-14-30)35-19-20-38(37-10-4-3-9-36(35)37)41-39-11-5-6-12-40(39)45-42(46-41)33-18-15-29-7-1-2-8-32(29)24-33/h1-24H. The molecule has 4 nitrogen and oxygen atoms in total. The first-order valence-corrected chi connectivity index (χ1v) is 15.0. The Balaban J connectivity index is 1.26. The van der Waals surface area contributed by atoms with E-state index in [1.165, 1.54) is 5.39 Å². The van der Waals surface area contributed by atoms with Crippen molar-refractivity contribution < 1.29 is 0 Å². The molecule has 0 spiro atoms. The minimum Gasteiger partial charge on any atom is -0.228 e. The number of nitrogens with zero attached hydrogens (tertiary/aromatic N) is 4. The summed E-state index contributed by atoms with van der Waals surface area (Å²) in [5.74, 6) is 0.697. The van der Waals surface area contributed by atoms with Crippen molar-refractivity contribution in [3.63, 3.8) is 0 Å². The van der Waals surface area contributed by atoms with Crippen LogP contribution in [-0.2, 0) is 0 Å². The van der Waals surface area contributed by atoms with Crippen LogP contribution < -0.4 is 0 Å². The first-order chi connectivity index (χ1) is 22.7. The third-order valence-electron chi connectivity index (χ3n) is 8.51. The molecule has 8 aromatic rings. The van der Waals surface area contributed by atoms with Crippen LogP contribution in [0.25, 0.3) is 77.3 Å². The molecule has 8 rings (SSSR count). The zero-order chi connectivity index (χ0) is 31.0. The molecule has 4 heteroatoms. The molecular weight excluding hydrogens is 560 g/mol. The van der Waals surface area contributed by atoms with Gasteiger partial charge in [-0.2, -0.15) is 10.5 Å². The van der Waals surface area contributed by atoms with Gasteiger partial charge in [0.05, 0.1) is 34.5 Å². The molecule has 7 aromatic carbocycles. The summed E-state index contributed by atoms with van der Waals surface area (Å²) in [6.07, 6.45) is 0. The van der Waals surface area contributed by atoms with E-state index in [4.69, 9.17) is 9.97 Å². The number of hydrogen-bond acceptors (Lipinski definition) is 4. The molecule has 0 aliphatic carbocycles. The summed E-state index contributed by atoms with van der Waals surface area (Å²) in [5.41, 5.74) is 8.77. The Morgan fingerprint density at radius 3 is 1.74 bits per heavy atom. The Morgan fingerprint density at radius 1 is 0.413 bits per heavy atom. The Hall–Kier alpha value is -6.62. The minimum absolute atomic E-state index is 0.473. The van der Waals surface area contributed by atoms with E-state index in [-0.39, 0.29) is 0 Å². The molecule has 1 aromatic heterocycles. The second-order valence-corrected chi connectivity index (χ2v) is 11.3. The highest BCUT2D eigenvalue weighted by Crippen LogP contribution is 2.39. The van der Waals surface area contributed by atoms with Gasteiger partial charge in [0.15, 0.2) is 5.82 Å². The van der Waals surface area contributed by atoms with Crippen molar-refractivity contribution >= 4 is 32.4 Å². The van der Waals surface area contributed by atoms with Gasteiger partial charge >= 0.3 is 0 Å². The van der Waals surface area contributed by atoms with Gasteiger partial charge in [-0.05, 0) is 74.1 Å². The molecule has 212 valence electrons. The highest BCUT2D eigenvalue weighted by Gasteiger charge is 2.16. The van der Waals surface area contributed by atoms with Crippen molar-refractivity contribution in [2.24, 2.45) is 0 Å². The van der Waals surface area contributed by atoms with Crippen LogP contribution >= 0.6 is 0 Å². The first-order valence-electron chi connectivity index (χ1n) is 15.0. The molecule has 0 N–H and O–H groups in total. The molecule has 0 atom stereocenters. The Morgan fingerprint density at radius 2 is 1.00 bits per heavy atom. The molecule has 0 radical (unpaired) electrons. The van der Waals surface area contributed by atoms with Gasteiger partial charge in [-0.25, -0.2) is 9.97 Å². The number of para-hydroxylation sites is 1. The third kappa shape index (κ3) is 4.72. The molecule has 0 aliphatic rings. The molecule has 0 bridgehead atoms. The second-order valence-electron chi connectivity index (χ2n) is 11.3. The van der Waals surface area contributed by atoms with E-state index in [1.54, 1.807) is 6.07 Å². The maximum atomic E-state index is 9.43. The van der Waals surface area contributed by atoms with Crippen molar-refractivity contribution in [1.82, 2.24) is 9.97 Å². The number of hydrogen-bond donors (Lipinski definition) is 0. The zero-order valence-corrected chi connectivity index (χ0v) is 24.6. The van der Waals surface area contributed by atoms with Crippen LogP contribution in [0, 0.1) is 22.7 Å². The Bertz CT molecular complexity index is 2520. The summed E-state index contributed by atoms with van der Waals surface area (Å²) in [6, 6.07) is 53.6. The summed E-state index contributed by atoms with van der Waals surface area (Å²) in [6.45, 7) is 0.